The lowest BCUT2D eigenvalue weighted by Crippen LogP contribution is -2.39. The van der Waals surface area contributed by atoms with E-state index in [1.54, 1.807) is 4.90 Å². The Bertz CT molecular complexity index is 378. The molecule has 1 N–H and O–H groups in total. The van der Waals surface area contributed by atoms with E-state index in [0.717, 1.165) is 15.8 Å². The molecule has 3 nitrogen and oxygen atoms in total. The van der Waals surface area contributed by atoms with Crippen LogP contribution in [-0.2, 0) is 4.79 Å². The first-order valence-electron chi connectivity index (χ1n) is 4.56. The minimum absolute atomic E-state index is 0.123. The van der Waals surface area contributed by atoms with E-state index < -0.39 is 0 Å². The SMILES string of the molecule is CCN1C(=O)CNc2ccc(Br)cc21. The Labute approximate surface area is 91.2 Å². The Morgan fingerprint density at radius 1 is 1.57 bits per heavy atom. The predicted molar refractivity (Wildman–Crippen MR) is 60.7 cm³/mol. The Hall–Kier alpha value is -1.03. The number of benzene rings is 1. The van der Waals surface area contributed by atoms with Crippen LogP contribution < -0.4 is 10.2 Å². The van der Waals surface area contributed by atoms with E-state index in [4.69, 9.17) is 0 Å². The van der Waals surface area contributed by atoms with Crippen molar-refractivity contribution < 1.29 is 4.79 Å². The summed E-state index contributed by atoms with van der Waals surface area (Å²) in [4.78, 5) is 13.3. The van der Waals surface area contributed by atoms with E-state index in [9.17, 15) is 4.79 Å². The number of fused-ring (bicyclic) bond motifs is 1. The molecule has 0 aromatic heterocycles. The molecule has 0 saturated heterocycles. The maximum atomic E-state index is 11.5. The number of rotatable bonds is 1. The fraction of sp³-hybridized carbons (Fsp3) is 0.300. The van der Waals surface area contributed by atoms with Gasteiger partial charge in [-0.3, -0.25) is 4.79 Å². The van der Waals surface area contributed by atoms with Gasteiger partial charge in [0, 0.05) is 11.0 Å². The van der Waals surface area contributed by atoms with Crippen LogP contribution in [-0.4, -0.2) is 19.0 Å². The number of nitrogens with one attached hydrogen (secondary N) is 1. The van der Waals surface area contributed by atoms with Gasteiger partial charge in [0.1, 0.15) is 0 Å². The number of likely N-dealkylation sites (N-methyl/N-ethyl adjacent to an activating group) is 1. The average Bonchev–Trinajstić information content (AvgIpc) is 2.17. The van der Waals surface area contributed by atoms with Crippen molar-refractivity contribution in [3.8, 4) is 0 Å². The zero-order chi connectivity index (χ0) is 10.1. The summed E-state index contributed by atoms with van der Waals surface area (Å²) >= 11 is 3.40. The number of nitrogens with zero attached hydrogens (tertiary/aromatic N) is 1. The van der Waals surface area contributed by atoms with E-state index in [1.165, 1.54) is 0 Å². The molecule has 1 aliphatic heterocycles. The number of hydrogen-bond donors (Lipinski definition) is 1. The molecule has 1 heterocycles. The van der Waals surface area contributed by atoms with E-state index in [2.05, 4.69) is 21.2 Å². The third-order valence-electron chi connectivity index (χ3n) is 2.30. The van der Waals surface area contributed by atoms with Crippen molar-refractivity contribution in [1.29, 1.82) is 0 Å². The van der Waals surface area contributed by atoms with Crippen LogP contribution in [0.25, 0.3) is 0 Å². The van der Waals surface area contributed by atoms with Crippen LogP contribution >= 0.6 is 15.9 Å². The molecule has 1 aromatic carbocycles. The fourth-order valence-corrected chi connectivity index (χ4v) is 1.97. The molecule has 0 fully saturated rings. The number of carbonyl (C=O) groups excluding carboxylic acids is 1. The largest absolute Gasteiger partial charge is 0.374 e. The Kier molecular flexibility index (Phi) is 2.46. The van der Waals surface area contributed by atoms with Gasteiger partial charge >= 0.3 is 0 Å². The first kappa shape index (κ1) is 9.52. The van der Waals surface area contributed by atoms with Crippen molar-refractivity contribution in [2.75, 3.05) is 23.3 Å². The molecule has 0 radical (unpaired) electrons. The van der Waals surface area contributed by atoms with Crippen LogP contribution in [0.1, 0.15) is 6.92 Å². The highest BCUT2D eigenvalue weighted by Crippen LogP contribution is 2.31. The van der Waals surface area contributed by atoms with E-state index in [-0.39, 0.29) is 5.91 Å². The molecular formula is C10H11BrN2O. The molecule has 0 saturated carbocycles. The molecule has 0 spiro atoms. The second-order valence-electron chi connectivity index (χ2n) is 3.15. The zero-order valence-electron chi connectivity index (χ0n) is 7.88. The van der Waals surface area contributed by atoms with Gasteiger partial charge in [-0.25, -0.2) is 0 Å². The number of hydrogen-bond acceptors (Lipinski definition) is 2. The van der Waals surface area contributed by atoms with Gasteiger partial charge in [0.25, 0.3) is 0 Å². The summed E-state index contributed by atoms with van der Waals surface area (Å²) in [7, 11) is 0. The number of halogens is 1. The fourth-order valence-electron chi connectivity index (χ4n) is 1.62. The Morgan fingerprint density at radius 3 is 3.07 bits per heavy atom. The lowest BCUT2D eigenvalue weighted by atomic mass is 10.2. The second-order valence-corrected chi connectivity index (χ2v) is 4.07. The summed E-state index contributed by atoms with van der Waals surface area (Å²) in [6.07, 6.45) is 0. The van der Waals surface area contributed by atoms with Crippen molar-refractivity contribution in [3.63, 3.8) is 0 Å². The van der Waals surface area contributed by atoms with E-state index >= 15 is 0 Å². The first-order chi connectivity index (χ1) is 6.72. The molecule has 0 aliphatic carbocycles. The predicted octanol–water partition coefficient (Wildman–Crippen LogP) is 2.23. The summed E-state index contributed by atoms with van der Waals surface area (Å²) in [6.45, 7) is 3.08. The van der Waals surface area contributed by atoms with Gasteiger partial charge < -0.3 is 10.2 Å². The van der Waals surface area contributed by atoms with Crippen LogP contribution in [0.5, 0.6) is 0 Å². The van der Waals surface area contributed by atoms with Gasteiger partial charge in [-0.15, -0.1) is 0 Å². The van der Waals surface area contributed by atoms with Gasteiger partial charge in [-0.1, -0.05) is 15.9 Å². The normalized spacial score (nSPS) is 15.0. The molecule has 1 aliphatic rings. The van der Waals surface area contributed by atoms with Gasteiger partial charge in [0.15, 0.2) is 0 Å². The standard InChI is InChI=1S/C10H11BrN2O/c1-2-13-9-5-7(11)3-4-8(9)12-6-10(13)14/h3-5,12H,2,6H2,1H3. The summed E-state index contributed by atoms with van der Waals surface area (Å²) in [5, 5.41) is 3.09. The second kappa shape index (κ2) is 3.61. The molecule has 74 valence electrons. The zero-order valence-corrected chi connectivity index (χ0v) is 9.47. The van der Waals surface area contributed by atoms with Crippen LogP contribution in [0.15, 0.2) is 22.7 Å². The maximum Gasteiger partial charge on any atom is 0.246 e. The minimum atomic E-state index is 0.123. The number of amides is 1. The van der Waals surface area contributed by atoms with Crippen molar-refractivity contribution >= 4 is 33.2 Å². The van der Waals surface area contributed by atoms with Gasteiger partial charge in [0.2, 0.25) is 5.91 Å². The highest BCUT2D eigenvalue weighted by Gasteiger charge is 2.21. The first-order valence-corrected chi connectivity index (χ1v) is 5.35. The number of anilines is 2. The monoisotopic (exact) mass is 254 g/mol. The smallest absolute Gasteiger partial charge is 0.246 e. The van der Waals surface area contributed by atoms with Crippen LogP contribution in [0.3, 0.4) is 0 Å². The maximum absolute atomic E-state index is 11.5. The van der Waals surface area contributed by atoms with Crippen molar-refractivity contribution in [2.45, 2.75) is 6.92 Å². The van der Waals surface area contributed by atoms with Crippen LogP contribution in [0.2, 0.25) is 0 Å². The molecule has 14 heavy (non-hydrogen) atoms. The van der Waals surface area contributed by atoms with Crippen molar-refractivity contribution in [2.24, 2.45) is 0 Å². The van der Waals surface area contributed by atoms with Gasteiger partial charge in [0.05, 0.1) is 17.9 Å². The summed E-state index contributed by atoms with van der Waals surface area (Å²) in [5.41, 5.74) is 1.98. The lowest BCUT2D eigenvalue weighted by molar-refractivity contribution is -0.117. The molecule has 4 heteroatoms. The van der Waals surface area contributed by atoms with Crippen molar-refractivity contribution in [1.82, 2.24) is 0 Å². The van der Waals surface area contributed by atoms with E-state index in [1.807, 2.05) is 25.1 Å². The Balaban J connectivity index is 2.49. The quantitative estimate of drug-likeness (QED) is 0.834. The highest BCUT2D eigenvalue weighted by molar-refractivity contribution is 9.10. The lowest BCUT2D eigenvalue weighted by Gasteiger charge is -2.29. The summed E-state index contributed by atoms with van der Waals surface area (Å²) in [6, 6.07) is 5.91. The number of carbonyl (C=O) groups is 1. The van der Waals surface area contributed by atoms with Gasteiger partial charge in [-0.2, -0.15) is 0 Å². The molecule has 2 rings (SSSR count). The van der Waals surface area contributed by atoms with Crippen LogP contribution in [0, 0.1) is 0 Å². The highest BCUT2D eigenvalue weighted by atomic mass is 79.9. The molecule has 0 unspecified atom stereocenters. The molecule has 1 aromatic rings. The molecule has 0 bridgehead atoms. The Morgan fingerprint density at radius 2 is 2.36 bits per heavy atom. The molecule has 1 amide bonds. The summed E-state index contributed by atoms with van der Waals surface area (Å²) < 4.78 is 0.992. The average molecular weight is 255 g/mol. The molecular weight excluding hydrogens is 244 g/mol. The third kappa shape index (κ3) is 1.50. The topological polar surface area (TPSA) is 32.3 Å². The van der Waals surface area contributed by atoms with Crippen molar-refractivity contribution in [3.05, 3.63) is 22.7 Å². The third-order valence-corrected chi connectivity index (χ3v) is 2.79. The molecule has 0 atom stereocenters. The minimum Gasteiger partial charge on any atom is -0.374 e. The van der Waals surface area contributed by atoms with Gasteiger partial charge in [-0.05, 0) is 25.1 Å². The van der Waals surface area contributed by atoms with Crippen LogP contribution in [0.4, 0.5) is 11.4 Å². The summed E-state index contributed by atoms with van der Waals surface area (Å²) in [5.74, 6) is 0.123. The van der Waals surface area contributed by atoms with E-state index in [0.29, 0.717) is 13.1 Å².